The molecule has 0 atom stereocenters. The summed E-state index contributed by atoms with van der Waals surface area (Å²) in [5.74, 6) is 2.79. The summed E-state index contributed by atoms with van der Waals surface area (Å²) in [5, 5.41) is 16.5. The molecule has 4 aliphatic carbocycles. The maximum absolute atomic E-state index is 13.2. The van der Waals surface area contributed by atoms with Crippen LogP contribution in [0.1, 0.15) is 62.6 Å². The zero-order valence-electron chi connectivity index (χ0n) is 20.1. The van der Waals surface area contributed by atoms with Crippen molar-refractivity contribution in [2.75, 3.05) is 25.0 Å². The summed E-state index contributed by atoms with van der Waals surface area (Å²) >= 11 is 0. The summed E-state index contributed by atoms with van der Waals surface area (Å²) in [5.41, 5.74) is 4.26. The highest BCUT2D eigenvalue weighted by Crippen LogP contribution is 2.61. The molecule has 0 saturated heterocycles. The monoisotopic (exact) mass is 507 g/mol. The van der Waals surface area contributed by atoms with Crippen LogP contribution in [0, 0.1) is 30.1 Å². The molecule has 34 heavy (non-hydrogen) atoms. The smallest absolute Gasteiger partial charge is 0.224 e. The molecule has 1 aromatic carbocycles. The van der Waals surface area contributed by atoms with Crippen LogP contribution in [-0.4, -0.2) is 35.7 Å². The van der Waals surface area contributed by atoms with Gasteiger partial charge in [-0.3, -0.25) is 9.78 Å². The van der Waals surface area contributed by atoms with Gasteiger partial charge in [-0.2, -0.15) is 0 Å². The van der Waals surface area contributed by atoms with Gasteiger partial charge in [0.1, 0.15) is 0 Å². The molecule has 4 saturated carbocycles. The summed E-state index contributed by atoms with van der Waals surface area (Å²) in [6.45, 7) is 3.96. The highest BCUT2D eigenvalue weighted by atomic mass is 35.5. The average molecular weight is 509 g/mol. The second-order valence-corrected chi connectivity index (χ2v) is 10.8. The predicted molar refractivity (Wildman–Crippen MR) is 143 cm³/mol. The first-order valence-electron chi connectivity index (χ1n) is 12.5. The minimum atomic E-state index is 0. The number of aryl methyl sites for hydroxylation is 1. The fourth-order valence-electron chi connectivity index (χ4n) is 7.24. The largest absolute Gasteiger partial charge is 0.396 e. The molecular formula is C27H39Cl2N3O2. The number of fused-ring (bicyclic) bond motifs is 1. The van der Waals surface area contributed by atoms with Gasteiger partial charge in [-0.25, -0.2) is 0 Å². The molecular weight excluding hydrogens is 469 g/mol. The highest BCUT2D eigenvalue weighted by Gasteiger charge is 2.51. The van der Waals surface area contributed by atoms with E-state index in [4.69, 9.17) is 10.1 Å². The molecule has 3 N–H and O–H groups in total. The maximum Gasteiger partial charge on any atom is 0.224 e. The van der Waals surface area contributed by atoms with E-state index in [1.54, 1.807) is 0 Å². The number of amides is 1. The number of aliphatic hydroxyl groups is 1. The molecule has 0 spiro atoms. The molecule has 4 bridgehead atoms. The summed E-state index contributed by atoms with van der Waals surface area (Å²) in [6.07, 6.45) is 10.3. The van der Waals surface area contributed by atoms with Gasteiger partial charge >= 0.3 is 0 Å². The summed E-state index contributed by atoms with van der Waals surface area (Å²) in [4.78, 5) is 18.1. The molecule has 0 unspecified atom stereocenters. The number of anilines is 1. The number of nitrogens with zero attached hydrogens (tertiary/aromatic N) is 1. The SMILES string of the molecule is Cc1ccc2nc(CCNCCCO)ccc2c1NC(=O)CC12CC3CC(CC(C3)C1)C2.Cl.Cl. The number of pyridine rings is 1. The van der Waals surface area contributed by atoms with Crippen LogP contribution in [0.3, 0.4) is 0 Å². The molecule has 4 aliphatic rings. The van der Waals surface area contributed by atoms with Crippen molar-refractivity contribution in [1.29, 1.82) is 0 Å². The first kappa shape index (κ1) is 27.2. The number of aliphatic hydroxyl groups excluding tert-OH is 1. The van der Waals surface area contributed by atoms with E-state index in [2.05, 4.69) is 41.8 Å². The second-order valence-electron chi connectivity index (χ2n) is 10.8. The van der Waals surface area contributed by atoms with Gasteiger partial charge in [0.25, 0.3) is 0 Å². The van der Waals surface area contributed by atoms with E-state index in [0.29, 0.717) is 6.42 Å². The predicted octanol–water partition coefficient (Wildman–Crippen LogP) is 5.45. The van der Waals surface area contributed by atoms with Gasteiger partial charge in [0.05, 0.1) is 11.2 Å². The lowest BCUT2D eigenvalue weighted by molar-refractivity contribution is -0.124. The minimum Gasteiger partial charge on any atom is -0.396 e. The van der Waals surface area contributed by atoms with E-state index in [-0.39, 0.29) is 42.7 Å². The molecule has 188 valence electrons. The van der Waals surface area contributed by atoms with Crippen LogP contribution < -0.4 is 10.6 Å². The molecule has 4 fully saturated rings. The van der Waals surface area contributed by atoms with Gasteiger partial charge in [0.15, 0.2) is 0 Å². The minimum absolute atomic E-state index is 0. The second kappa shape index (κ2) is 11.6. The van der Waals surface area contributed by atoms with Gasteiger partial charge in [0, 0.05) is 37.1 Å². The lowest BCUT2D eigenvalue weighted by atomic mass is 9.49. The Morgan fingerprint density at radius 1 is 1.03 bits per heavy atom. The molecule has 1 heterocycles. The third-order valence-electron chi connectivity index (χ3n) is 8.17. The van der Waals surface area contributed by atoms with Gasteiger partial charge in [0.2, 0.25) is 5.91 Å². The fraction of sp³-hybridized carbons (Fsp3) is 0.630. The Balaban J connectivity index is 0.00000162. The first-order chi connectivity index (χ1) is 15.5. The van der Waals surface area contributed by atoms with Crippen molar-refractivity contribution in [3.63, 3.8) is 0 Å². The van der Waals surface area contributed by atoms with Crippen LogP contribution in [0.2, 0.25) is 0 Å². The van der Waals surface area contributed by atoms with Crippen LogP contribution in [0.5, 0.6) is 0 Å². The standard InChI is InChI=1S/C27H37N3O2.2ClH/c1-18-3-6-24-23(5-4-22(29-24)7-9-28-8-2-10-31)26(18)30-25(32)17-27-14-19-11-20(15-27)13-21(12-19)16-27;;/h3-6,19-21,28,31H,2,7-17H2,1H3,(H,30,32);2*1H. The van der Waals surface area contributed by atoms with E-state index >= 15 is 0 Å². The van der Waals surface area contributed by atoms with Gasteiger partial charge < -0.3 is 15.7 Å². The van der Waals surface area contributed by atoms with Crippen molar-refractivity contribution in [2.24, 2.45) is 23.2 Å². The Morgan fingerprint density at radius 3 is 2.35 bits per heavy atom. The van der Waals surface area contributed by atoms with Gasteiger partial charge in [-0.1, -0.05) is 6.07 Å². The van der Waals surface area contributed by atoms with Crippen molar-refractivity contribution in [3.8, 4) is 0 Å². The number of aromatic nitrogens is 1. The summed E-state index contributed by atoms with van der Waals surface area (Å²) in [7, 11) is 0. The molecule has 7 heteroatoms. The quantitative estimate of drug-likeness (QED) is 0.394. The van der Waals surface area contributed by atoms with E-state index < -0.39 is 0 Å². The number of carbonyl (C=O) groups is 1. The van der Waals surface area contributed by atoms with E-state index in [0.717, 1.165) is 71.5 Å². The first-order valence-corrected chi connectivity index (χ1v) is 12.5. The van der Waals surface area contributed by atoms with Crippen LogP contribution in [0.25, 0.3) is 10.9 Å². The lowest BCUT2D eigenvalue weighted by Gasteiger charge is -2.56. The molecule has 0 aliphatic heterocycles. The number of rotatable bonds is 9. The Kier molecular flexibility index (Phi) is 9.24. The molecule has 1 aromatic heterocycles. The molecule has 6 rings (SSSR count). The Labute approximate surface area is 215 Å². The van der Waals surface area contributed by atoms with E-state index in [9.17, 15) is 4.79 Å². The van der Waals surface area contributed by atoms with Crippen molar-refractivity contribution in [2.45, 2.75) is 64.7 Å². The number of benzene rings is 1. The van der Waals surface area contributed by atoms with Crippen molar-refractivity contribution < 1.29 is 9.90 Å². The number of hydrogen-bond donors (Lipinski definition) is 3. The van der Waals surface area contributed by atoms with Crippen LogP contribution in [0.4, 0.5) is 5.69 Å². The van der Waals surface area contributed by atoms with Crippen LogP contribution >= 0.6 is 24.8 Å². The van der Waals surface area contributed by atoms with Crippen molar-refractivity contribution >= 4 is 47.3 Å². The van der Waals surface area contributed by atoms with Crippen molar-refractivity contribution in [3.05, 3.63) is 35.5 Å². The number of hydrogen-bond acceptors (Lipinski definition) is 4. The maximum atomic E-state index is 13.2. The Hall–Kier alpha value is -1.40. The normalized spacial score (nSPS) is 26.7. The fourth-order valence-corrected chi connectivity index (χ4v) is 7.24. The van der Waals surface area contributed by atoms with Gasteiger partial charge in [-0.15, -0.1) is 24.8 Å². The van der Waals surface area contributed by atoms with Gasteiger partial charge in [-0.05, 0) is 105 Å². The Morgan fingerprint density at radius 2 is 1.71 bits per heavy atom. The highest BCUT2D eigenvalue weighted by molar-refractivity contribution is 6.02. The summed E-state index contributed by atoms with van der Waals surface area (Å²) in [6, 6.07) is 8.31. The Bertz CT molecular complexity index is 962. The average Bonchev–Trinajstić information content (AvgIpc) is 2.74. The molecule has 2 aromatic rings. The molecule has 0 radical (unpaired) electrons. The number of halogens is 2. The third kappa shape index (κ3) is 5.87. The van der Waals surface area contributed by atoms with Crippen LogP contribution in [0.15, 0.2) is 24.3 Å². The molecule has 1 amide bonds. The topological polar surface area (TPSA) is 74.2 Å². The zero-order chi connectivity index (χ0) is 22.1. The van der Waals surface area contributed by atoms with Crippen molar-refractivity contribution in [1.82, 2.24) is 10.3 Å². The zero-order valence-corrected chi connectivity index (χ0v) is 21.8. The van der Waals surface area contributed by atoms with E-state index in [1.807, 2.05) is 0 Å². The summed E-state index contributed by atoms with van der Waals surface area (Å²) < 4.78 is 0. The molecule has 5 nitrogen and oxygen atoms in total. The number of nitrogens with one attached hydrogen (secondary N) is 2. The van der Waals surface area contributed by atoms with Crippen LogP contribution in [-0.2, 0) is 11.2 Å². The lowest BCUT2D eigenvalue weighted by Crippen LogP contribution is -2.47. The van der Waals surface area contributed by atoms with E-state index in [1.165, 1.54) is 38.5 Å². The third-order valence-corrected chi connectivity index (χ3v) is 8.17. The number of carbonyl (C=O) groups excluding carboxylic acids is 1.